The van der Waals surface area contributed by atoms with Crippen LogP contribution in [0.1, 0.15) is 17.0 Å². The van der Waals surface area contributed by atoms with Crippen molar-refractivity contribution in [2.45, 2.75) is 13.8 Å². The second kappa shape index (κ2) is 5.85. The molecule has 0 saturated carbocycles. The summed E-state index contributed by atoms with van der Waals surface area (Å²) in [7, 11) is 0. The quantitative estimate of drug-likeness (QED) is 0.845. The van der Waals surface area contributed by atoms with E-state index in [4.69, 9.17) is 22.7 Å². The molecule has 1 aromatic carbocycles. The number of ether oxygens (including phenoxy) is 1. The van der Waals surface area contributed by atoms with Crippen LogP contribution in [0.2, 0.25) is 0 Å². The van der Waals surface area contributed by atoms with Gasteiger partial charge in [0.1, 0.15) is 22.3 Å². The third kappa shape index (κ3) is 3.13. The summed E-state index contributed by atoms with van der Waals surface area (Å²) in [5.74, 6) is 0.444. The fraction of sp³-hybridized carbons (Fsp3) is 0.143. The summed E-state index contributed by atoms with van der Waals surface area (Å²) in [6, 6.07) is 6.24. The number of aryl methyl sites for hydroxylation is 2. The summed E-state index contributed by atoms with van der Waals surface area (Å²) < 4.78 is 19.6. The Morgan fingerprint density at radius 1 is 1.35 bits per heavy atom. The van der Waals surface area contributed by atoms with Gasteiger partial charge in [0.25, 0.3) is 0 Å². The summed E-state index contributed by atoms with van der Waals surface area (Å²) in [5, 5.41) is 0. The summed E-state index contributed by atoms with van der Waals surface area (Å²) >= 11 is 8.11. The molecule has 0 saturated heterocycles. The predicted octanol–water partition coefficient (Wildman–Crippen LogP) is 4.03. The van der Waals surface area contributed by atoms with E-state index in [1.807, 2.05) is 6.92 Å². The van der Waals surface area contributed by atoms with E-state index in [2.05, 4.69) is 20.9 Å². The molecule has 0 aliphatic carbocycles. The first-order valence-electron chi connectivity index (χ1n) is 5.79. The Morgan fingerprint density at radius 2 is 2.05 bits per heavy atom. The van der Waals surface area contributed by atoms with Gasteiger partial charge in [0.2, 0.25) is 0 Å². The molecule has 0 bridgehead atoms. The minimum atomic E-state index is -0.401. The number of hydrogen-bond donors (Lipinski definition) is 1. The summed E-state index contributed by atoms with van der Waals surface area (Å²) in [6.45, 7) is 3.64. The zero-order chi connectivity index (χ0) is 14.9. The average Bonchev–Trinajstić information content (AvgIpc) is 2.32. The van der Waals surface area contributed by atoms with Gasteiger partial charge in [0.05, 0.1) is 15.7 Å². The van der Waals surface area contributed by atoms with E-state index in [9.17, 15) is 4.39 Å². The molecule has 0 amide bonds. The average molecular weight is 355 g/mol. The SMILES string of the molecule is Cc1cc(Oc2ccc(Br)c(F)c2)c(C(N)=S)c(C)n1. The highest BCUT2D eigenvalue weighted by Crippen LogP contribution is 2.29. The summed E-state index contributed by atoms with van der Waals surface area (Å²) in [4.78, 5) is 4.50. The number of benzene rings is 1. The van der Waals surface area contributed by atoms with Crippen molar-refractivity contribution < 1.29 is 9.13 Å². The van der Waals surface area contributed by atoms with Gasteiger partial charge in [-0.2, -0.15) is 0 Å². The van der Waals surface area contributed by atoms with Gasteiger partial charge in [-0.1, -0.05) is 12.2 Å². The number of hydrogen-bond acceptors (Lipinski definition) is 3. The third-order valence-electron chi connectivity index (χ3n) is 2.66. The van der Waals surface area contributed by atoms with Crippen LogP contribution < -0.4 is 10.5 Å². The van der Waals surface area contributed by atoms with Gasteiger partial charge in [-0.3, -0.25) is 4.98 Å². The first-order chi connectivity index (χ1) is 9.38. The number of halogens is 2. The van der Waals surface area contributed by atoms with Gasteiger partial charge in [-0.15, -0.1) is 0 Å². The molecule has 6 heteroatoms. The smallest absolute Gasteiger partial charge is 0.141 e. The lowest BCUT2D eigenvalue weighted by molar-refractivity contribution is 0.473. The molecule has 2 rings (SSSR count). The Bertz CT molecular complexity index is 691. The van der Waals surface area contributed by atoms with Crippen molar-refractivity contribution in [3.05, 3.63) is 51.5 Å². The van der Waals surface area contributed by atoms with Crippen LogP contribution in [0, 0.1) is 19.7 Å². The van der Waals surface area contributed by atoms with E-state index < -0.39 is 5.82 Å². The Balaban J connectivity index is 2.47. The number of nitrogens with zero attached hydrogens (tertiary/aromatic N) is 1. The number of rotatable bonds is 3. The second-order valence-corrected chi connectivity index (χ2v) is 5.56. The summed E-state index contributed by atoms with van der Waals surface area (Å²) in [5.41, 5.74) is 7.73. The molecule has 0 fully saturated rings. The molecule has 2 N–H and O–H groups in total. The molecule has 0 atom stereocenters. The van der Waals surface area contributed by atoms with E-state index >= 15 is 0 Å². The van der Waals surface area contributed by atoms with Gasteiger partial charge in [0.15, 0.2) is 0 Å². The normalized spacial score (nSPS) is 10.4. The number of thiocarbonyl (C=S) groups is 1. The van der Waals surface area contributed by atoms with Crippen LogP contribution in [0.25, 0.3) is 0 Å². The Hall–Kier alpha value is -1.53. The Labute approximate surface area is 130 Å². The maximum Gasteiger partial charge on any atom is 0.141 e. The van der Waals surface area contributed by atoms with E-state index in [1.165, 1.54) is 6.07 Å². The number of nitrogens with two attached hydrogens (primary N) is 1. The van der Waals surface area contributed by atoms with Crippen LogP contribution in [0.4, 0.5) is 4.39 Å². The molecular formula is C14H12BrFN2OS. The lowest BCUT2D eigenvalue weighted by Gasteiger charge is -2.13. The minimum absolute atomic E-state index is 0.197. The molecule has 2 aromatic rings. The highest BCUT2D eigenvalue weighted by Gasteiger charge is 2.14. The van der Waals surface area contributed by atoms with Crippen LogP contribution in [0.15, 0.2) is 28.7 Å². The van der Waals surface area contributed by atoms with Crippen LogP contribution in [-0.4, -0.2) is 9.97 Å². The fourth-order valence-corrected chi connectivity index (χ4v) is 2.34. The molecule has 0 radical (unpaired) electrons. The largest absolute Gasteiger partial charge is 0.456 e. The molecule has 20 heavy (non-hydrogen) atoms. The van der Waals surface area contributed by atoms with Gasteiger partial charge in [-0.25, -0.2) is 4.39 Å². The standard InChI is InChI=1S/C14H12BrFN2OS/c1-7-5-12(13(14(17)20)8(2)18-7)19-9-3-4-10(15)11(16)6-9/h3-6H,1-2H3,(H2,17,20). The molecule has 1 heterocycles. The topological polar surface area (TPSA) is 48.1 Å². The molecule has 1 aromatic heterocycles. The van der Waals surface area contributed by atoms with Gasteiger partial charge in [-0.05, 0) is 41.9 Å². The van der Waals surface area contributed by atoms with Gasteiger partial charge in [0, 0.05) is 17.8 Å². The van der Waals surface area contributed by atoms with Crippen molar-refractivity contribution in [1.29, 1.82) is 0 Å². The molecule has 0 unspecified atom stereocenters. The van der Waals surface area contributed by atoms with E-state index in [1.54, 1.807) is 25.1 Å². The van der Waals surface area contributed by atoms with Crippen LogP contribution in [0.3, 0.4) is 0 Å². The fourth-order valence-electron chi connectivity index (χ4n) is 1.84. The number of aromatic nitrogens is 1. The predicted molar refractivity (Wildman–Crippen MR) is 83.8 cm³/mol. The highest BCUT2D eigenvalue weighted by molar-refractivity contribution is 9.10. The lowest BCUT2D eigenvalue weighted by atomic mass is 10.1. The van der Waals surface area contributed by atoms with E-state index in [0.29, 0.717) is 27.2 Å². The third-order valence-corrected chi connectivity index (χ3v) is 3.50. The zero-order valence-electron chi connectivity index (χ0n) is 10.9. The monoisotopic (exact) mass is 354 g/mol. The van der Waals surface area contributed by atoms with Gasteiger partial charge < -0.3 is 10.5 Å². The van der Waals surface area contributed by atoms with Crippen LogP contribution in [-0.2, 0) is 0 Å². The van der Waals surface area contributed by atoms with Crippen molar-refractivity contribution in [3.63, 3.8) is 0 Å². The Kier molecular flexibility index (Phi) is 4.35. The number of pyridine rings is 1. The molecule has 104 valence electrons. The Morgan fingerprint density at radius 3 is 2.65 bits per heavy atom. The second-order valence-electron chi connectivity index (χ2n) is 4.26. The molecule has 3 nitrogen and oxygen atoms in total. The van der Waals surface area contributed by atoms with Crippen molar-refractivity contribution >= 4 is 33.1 Å². The van der Waals surface area contributed by atoms with Crippen LogP contribution >= 0.6 is 28.1 Å². The van der Waals surface area contributed by atoms with Crippen LogP contribution in [0.5, 0.6) is 11.5 Å². The maximum atomic E-state index is 13.5. The molecule has 0 aliphatic heterocycles. The maximum absolute atomic E-state index is 13.5. The first-order valence-corrected chi connectivity index (χ1v) is 6.99. The molecule has 0 spiro atoms. The van der Waals surface area contributed by atoms with Gasteiger partial charge >= 0.3 is 0 Å². The molecule has 0 aliphatic rings. The molecular weight excluding hydrogens is 343 g/mol. The minimum Gasteiger partial charge on any atom is -0.456 e. The lowest BCUT2D eigenvalue weighted by Crippen LogP contribution is -2.14. The van der Waals surface area contributed by atoms with E-state index in [0.717, 1.165) is 5.69 Å². The summed E-state index contributed by atoms with van der Waals surface area (Å²) in [6.07, 6.45) is 0. The highest BCUT2D eigenvalue weighted by atomic mass is 79.9. The first kappa shape index (κ1) is 14.9. The van der Waals surface area contributed by atoms with Crippen molar-refractivity contribution in [1.82, 2.24) is 4.98 Å². The zero-order valence-corrected chi connectivity index (χ0v) is 13.3. The van der Waals surface area contributed by atoms with E-state index in [-0.39, 0.29) is 4.99 Å². The van der Waals surface area contributed by atoms with Crippen molar-refractivity contribution in [2.24, 2.45) is 5.73 Å². The van der Waals surface area contributed by atoms with Crippen molar-refractivity contribution in [3.8, 4) is 11.5 Å². The van der Waals surface area contributed by atoms with Crippen molar-refractivity contribution in [2.75, 3.05) is 0 Å².